The van der Waals surface area contributed by atoms with Crippen LogP contribution in [0.25, 0.3) is 17.3 Å². The van der Waals surface area contributed by atoms with Gasteiger partial charge in [0.25, 0.3) is 0 Å². The first kappa shape index (κ1) is 16.4. The lowest BCUT2D eigenvalue weighted by atomic mass is 10.1. The molecule has 1 aromatic carbocycles. The number of hydrogen-bond donors (Lipinski definition) is 0. The van der Waals surface area contributed by atoms with Gasteiger partial charge in [0.05, 0.1) is 5.57 Å². The fourth-order valence-electron chi connectivity index (χ4n) is 3.13. The molecular weight excluding hydrogens is 346 g/mol. The summed E-state index contributed by atoms with van der Waals surface area (Å²) in [5, 5.41) is 12.3. The Hall–Kier alpha value is -3.04. The molecule has 1 aliphatic heterocycles. The third-order valence-corrected chi connectivity index (χ3v) is 5.35. The third kappa shape index (κ3) is 2.76. The van der Waals surface area contributed by atoms with Crippen molar-refractivity contribution in [2.24, 2.45) is 0 Å². The van der Waals surface area contributed by atoms with E-state index in [1.165, 1.54) is 11.3 Å². The molecule has 5 nitrogen and oxygen atoms in total. The smallest absolute Gasteiger partial charge is 0.231 e. The summed E-state index contributed by atoms with van der Waals surface area (Å²) in [6, 6.07) is 10.3. The molecule has 0 atom stereocenters. The first-order chi connectivity index (χ1) is 12.6. The molecule has 1 aliphatic rings. The van der Waals surface area contributed by atoms with Crippen LogP contribution in [-0.2, 0) is 0 Å². The van der Waals surface area contributed by atoms with Crippen molar-refractivity contribution in [1.82, 2.24) is 9.55 Å². The molecular formula is C20H17N3O2S. The van der Waals surface area contributed by atoms with Gasteiger partial charge in [0, 0.05) is 34.2 Å². The minimum atomic E-state index is 0.259. The second-order valence-corrected chi connectivity index (χ2v) is 7.02. The van der Waals surface area contributed by atoms with Gasteiger partial charge in [-0.2, -0.15) is 5.26 Å². The van der Waals surface area contributed by atoms with Gasteiger partial charge < -0.3 is 14.0 Å². The topological polar surface area (TPSA) is 60.1 Å². The Morgan fingerprint density at radius 2 is 2.04 bits per heavy atom. The molecule has 3 heterocycles. The zero-order valence-electron chi connectivity index (χ0n) is 14.7. The average molecular weight is 363 g/mol. The molecule has 130 valence electrons. The molecule has 0 N–H and O–H groups in total. The number of aromatic nitrogens is 2. The van der Waals surface area contributed by atoms with Gasteiger partial charge in [0.1, 0.15) is 11.1 Å². The summed E-state index contributed by atoms with van der Waals surface area (Å²) in [5.41, 5.74) is 5.66. The Balaban J connectivity index is 1.77. The maximum absolute atomic E-state index is 9.55. The highest BCUT2D eigenvalue weighted by molar-refractivity contribution is 7.11. The van der Waals surface area contributed by atoms with Gasteiger partial charge in [-0.05, 0) is 50.6 Å². The van der Waals surface area contributed by atoms with Gasteiger partial charge in [-0.25, -0.2) is 4.98 Å². The van der Waals surface area contributed by atoms with Crippen molar-refractivity contribution >= 4 is 23.0 Å². The zero-order valence-corrected chi connectivity index (χ0v) is 15.6. The second-order valence-electron chi connectivity index (χ2n) is 6.16. The lowest BCUT2D eigenvalue weighted by Crippen LogP contribution is -1.99. The van der Waals surface area contributed by atoms with Crippen molar-refractivity contribution in [2.45, 2.75) is 20.8 Å². The fraction of sp³-hybridized carbons (Fsp3) is 0.200. The summed E-state index contributed by atoms with van der Waals surface area (Å²) in [4.78, 5) is 4.42. The van der Waals surface area contributed by atoms with Crippen molar-refractivity contribution in [3.63, 3.8) is 0 Å². The number of nitrogens with zero attached hydrogens (tertiary/aromatic N) is 3. The van der Waals surface area contributed by atoms with E-state index < -0.39 is 0 Å². The van der Waals surface area contributed by atoms with E-state index in [0.717, 1.165) is 44.8 Å². The predicted octanol–water partition coefficient (Wildman–Crippen LogP) is 4.65. The van der Waals surface area contributed by atoms with Crippen LogP contribution < -0.4 is 9.47 Å². The number of benzene rings is 1. The number of thiazole rings is 1. The Kier molecular flexibility index (Phi) is 4.02. The maximum Gasteiger partial charge on any atom is 0.231 e. The third-order valence-electron chi connectivity index (χ3n) is 4.35. The summed E-state index contributed by atoms with van der Waals surface area (Å²) in [6.45, 7) is 6.29. The van der Waals surface area contributed by atoms with Gasteiger partial charge in [-0.3, -0.25) is 0 Å². The standard InChI is InChI=1S/C20H17N3O2S/c1-12-10-26-20(22-12)16(9-21)7-15-6-13(2)23(14(15)3)17-4-5-18-19(8-17)25-11-24-18/h4-8,10H,11H2,1-3H3/b16-7+. The largest absolute Gasteiger partial charge is 0.454 e. The van der Waals surface area contributed by atoms with Crippen LogP contribution >= 0.6 is 11.3 Å². The molecule has 6 heteroatoms. The first-order valence-electron chi connectivity index (χ1n) is 8.20. The molecule has 0 aliphatic carbocycles. The van der Waals surface area contributed by atoms with Crippen molar-refractivity contribution in [2.75, 3.05) is 6.79 Å². The first-order valence-corrected chi connectivity index (χ1v) is 9.08. The van der Waals surface area contributed by atoms with Crippen molar-refractivity contribution in [1.29, 1.82) is 5.26 Å². The van der Waals surface area contributed by atoms with Crippen LogP contribution in [0.5, 0.6) is 11.5 Å². The Labute approximate surface area is 155 Å². The molecule has 0 saturated heterocycles. The van der Waals surface area contributed by atoms with Gasteiger partial charge in [-0.1, -0.05) is 0 Å². The highest BCUT2D eigenvalue weighted by Gasteiger charge is 2.17. The molecule has 0 saturated carbocycles. The van der Waals surface area contributed by atoms with Crippen molar-refractivity contribution < 1.29 is 9.47 Å². The van der Waals surface area contributed by atoms with Crippen molar-refractivity contribution in [3.05, 3.63) is 57.3 Å². The maximum atomic E-state index is 9.55. The molecule has 26 heavy (non-hydrogen) atoms. The summed E-state index contributed by atoms with van der Waals surface area (Å²) in [7, 11) is 0. The number of hydrogen-bond acceptors (Lipinski definition) is 5. The van der Waals surface area contributed by atoms with Gasteiger partial charge >= 0.3 is 0 Å². The molecule has 0 bridgehead atoms. The number of rotatable bonds is 3. The van der Waals surface area contributed by atoms with Crippen LogP contribution in [0.15, 0.2) is 29.6 Å². The monoisotopic (exact) mass is 363 g/mol. The van der Waals surface area contributed by atoms with Crippen LogP contribution in [0.2, 0.25) is 0 Å². The molecule has 0 spiro atoms. The lowest BCUT2D eigenvalue weighted by Gasteiger charge is -2.10. The van der Waals surface area contributed by atoms with Crippen LogP contribution in [0.1, 0.15) is 27.7 Å². The molecule has 3 aromatic rings. The Morgan fingerprint density at radius 1 is 1.23 bits per heavy atom. The van der Waals surface area contributed by atoms with Crippen LogP contribution in [0.3, 0.4) is 0 Å². The highest BCUT2D eigenvalue weighted by atomic mass is 32.1. The molecule has 0 fully saturated rings. The zero-order chi connectivity index (χ0) is 18.3. The van der Waals surface area contributed by atoms with E-state index >= 15 is 0 Å². The minimum Gasteiger partial charge on any atom is -0.454 e. The fourth-order valence-corrected chi connectivity index (χ4v) is 3.89. The minimum absolute atomic E-state index is 0.259. The van der Waals surface area contributed by atoms with E-state index in [9.17, 15) is 5.26 Å². The van der Waals surface area contributed by atoms with E-state index in [2.05, 4.69) is 28.6 Å². The molecule has 0 unspecified atom stereocenters. The van der Waals surface area contributed by atoms with Crippen LogP contribution in [0.4, 0.5) is 0 Å². The molecule has 2 aromatic heterocycles. The predicted molar refractivity (Wildman–Crippen MR) is 102 cm³/mol. The van der Waals surface area contributed by atoms with Crippen LogP contribution in [0, 0.1) is 32.1 Å². The van der Waals surface area contributed by atoms with E-state index in [1.54, 1.807) is 0 Å². The second kappa shape index (κ2) is 6.36. The number of allylic oxidation sites excluding steroid dienone is 1. The number of fused-ring (bicyclic) bond motifs is 1. The quantitative estimate of drug-likeness (QED) is 0.636. The average Bonchev–Trinajstić information content (AvgIpc) is 3.32. The number of aryl methyl sites for hydroxylation is 2. The summed E-state index contributed by atoms with van der Waals surface area (Å²) in [6.07, 6.45) is 1.91. The lowest BCUT2D eigenvalue weighted by molar-refractivity contribution is 0.174. The number of ether oxygens (including phenoxy) is 2. The van der Waals surface area contributed by atoms with Crippen molar-refractivity contribution in [3.8, 4) is 23.3 Å². The van der Waals surface area contributed by atoms with Crippen LogP contribution in [-0.4, -0.2) is 16.3 Å². The van der Waals surface area contributed by atoms with E-state index in [0.29, 0.717) is 5.57 Å². The Morgan fingerprint density at radius 3 is 2.77 bits per heavy atom. The van der Waals surface area contributed by atoms with Gasteiger partial charge in [-0.15, -0.1) is 11.3 Å². The van der Waals surface area contributed by atoms with Gasteiger partial charge in [0.2, 0.25) is 6.79 Å². The molecule has 0 amide bonds. The molecule has 4 rings (SSSR count). The summed E-state index contributed by atoms with van der Waals surface area (Å²) in [5.74, 6) is 1.52. The number of nitriles is 1. The summed E-state index contributed by atoms with van der Waals surface area (Å²) >= 11 is 1.49. The van der Waals surface area contributed by atoms with E-state index in [4.69, 9.17) is 9.47 Å². The summed E-state index contributed by atoms with van der Waals surface area (Å²) < 4.78 is 13.0. The Bertz CT molecular complexity index is 1070. The van der Waals surface area contributed by atoms with E-state index in [-0.39, 0.29) is 6.79 Å². The van der Waals surface area contributed by atoms with E-state index in [1.807, 2.05) is 43.5 Å². The molecule has 0 radical (unpaired) electrons. The normalized spacial score (nSPS) is 13.1. The SMILES string of the molecule is Cc1csc(/C(C#N)=C/c2cc(C)n(-c3ccc4c(c3)OCO4)c2C)n1. The highest BCUT2D eigenvalue weighted by Crippen LogP contribution is 2.35. The van der Waals surface area contributed by atoms with Gasteiger partial charge in [0.15, 0.2) is 11.5 Å².